The molecular weight excluding hydrogens is 353 g/mol. The Morgan fingerprint density at radius 1 is 1.14 bits per heavy atom. The van der Waals surface area contributed by atoms with Crippen LogP contribution in [-0.4, -0.2) is 45.2 Å². The summed E-state index contributed by atoms with van der Waals surface area (Å²) < 4.78 is 13.9. The van der Waals surface area contributed by atoms with Crippen molar-refractivity contribution in [1.82, 2.24) is 14.9 Å². The average molecular weight is 375 g/mol. The van der Waals surface area contributed by atoms with Gasteiger partial charge >= 0.3 is 0 Å². The zero-order chi connectivity index (χ0) is 19.1. The second kappa shape index (κ2) is 7.00. The van der Waals surface area contributed by atoms with E-state index in [0.717, 1.165) is 53.9 Å². The molecule has 3 aromatic rings. The number of hydrogen-bond donors (Lipinski definition) is 2. The number of benzene rings is 1. The van der Waals surface area contributed by atoms with Crippen LogP contribution in [0.25, 0.3) is 28.0 Å². The summed E-state index contributed by atoms with van der Waals surface area (Å²) >= 11 is 0. The van der Waals surface area contributed by atoms with Gasteiger partial charge in [-0.3, -0.25) is 9.88 Å². The molecule has 0 spiro atoms. The number of aromatic nitrogens is 2. The minimum absolute atomic E-state index is 0.241. The van der Waals surface area contributed by atoms with E-state index in [1.54, 1.807) is 24.5 Å². The molecule has 2 unspecified atom stereocenters. The number of H-pyrrole nitrogens is 1. The first-order valence-electron chi connectivity index (χ1n) is 9.70. The lowest BCUT2D eigenvalue weighted by atomic mass is 9.90. The zero-order valence-electron chi connectivity index (χ0n) is 15.5. The number of aliphatic hydroxyl groups excluding tert-OH is 1. The maximum absolute atomic E-state index is 13.9. The van der Waals surface area contributed by atoms with Crippen LogP contribution in [0.4, 0.5) is 4.39 Å². The van der Waals surface area contributed by atoms with E-state index in [0.29, 0.717) is 0 Å². The standard InChI is InChI=1S/C23H22FN3O/c24-18-3-1-2-17(10-18)23-22(15-4-7-25-8-5-15)21(13-26-23)16-6-9-27-14-20(28)12-19(27)11-16/h1-5,7-8,10-11,13,19-20,26,28H,6,9,12,14H2. The molecule has 0 aliphatic carbocycles. The Balaban J connectivity index is 1.64. The first-order chi connectivity index (χ1) is 13.7. The van der Waals surface area contributed by atoms with Crippen molar-refractivity contribution in [2.24, 2.45) is 0 Å². The molecule has 5 rings (SSSR count). The van der Waals surface area contributed by atoms with Gasteiger partial charge in [0.2, 0.25) is 0 Å². The van der Waals surface area contributed by atoms with Gasteiger partial charge in [0, 0.05) is 54.4 Å². The van der Waals surface area contributed by atoms with Crippen LogP contribution in [0.5, 0.6) is 0 Å². The Morgan fingerprint density at radius 3 is 2.82 bits per heavy atom. The SMILES string of the molecule is OC1CC2C=C(c3c[nH]c(-c4cccc(F)c4)c3-c3ccncc3)CCN2C1. The fraction of sp³-hybridized carbons (Fsp3) is 0.261. The van der Waals surface area contributed by atoms with Crippen LogP contribution in [0, 0.1) is 5.82 Å². The molecule has 2 aromatic heterocycles. The second-order valence-electron chi connectivity index (χ2n) is 7.59. The molecule has 0 bridgehead atoms. The number of nitrogens with one attached hydrogen (secondary N) is 1. The second-order valence-corrected chi connectivity index (χ2v) is 7.59. The van der Waals surface area contributed by atoms with E-state index in [9.17, 15) is 9.50 Å². The summed E-state index contributed by atoms with van der Waals surface area (Å²) in [6.45, 7) is 1.71. The summed E-state index contributed by atoms with van der Waals surface area (Å²) in [6, 6.07) is 11.0. The van der Waals surface area contributed by atoms with E-state index in [2.05, 4.69) is 20.9 Å². The van der Waals surface area contributed by atoms with Crippen molar-refractivity contribution in [3.63, 3.8) is 0 Å². The van der Waals surface area contributed by atoms with E-state index < -0.39 is 0 Å². The number of hydrogen-bond acceptors (Lipinski definition) is 3. The number of rotatable bonds is 3. The zero-order valence-corrected chi connectivity index (χ0v) is 15.5. The van der Waals surface area contributed by atoms with Crippen LogP contribution in [0.1, 0.15) is 18.4 Å². The first kappa shape index (κ1) is 17.3. The predicted molar refractivity (Wildman–Crippen MR) is 108 cm³/mol. The molecular formula is C23H22FN3O. The lowest BCUT2D eigenvalue weighted by Crippen LogP contribution is -2.32. The molecule has 2 atom stereocenters. The van der Waals surface area contributed by atoms with E-state index in [-0.39, 0.29) is 18.0 Å². The Bertz CT molecular complexity index is 1030. The van der Waals surface area contributed by atoms with Crippen molar-refractivity contribution in [2.75, 3.05) is 13.1 Å². The van der Waals surface area contributed by atoms with Gasteiger partial charge in [-0.2, -0.15) is 0 Å². The van der Waals surface area contributed by atoms with Crippen molar-refractivity contribution < 1.29 is 9.50 Å². The Morgan fingerprint density at radius 2 is 2.00 bits per heavy atom. The van der Waals surface area contributed by atoms with E-state index in [1.807, 2.05) is 24.4 Å². The predicted octanol–water partition coefficient (Wildman–Crippen LogP) is 4.11. The molecule has 5 heteroatoms. The number of aromatic amines is 1. The lowest BCUT2D eigenvalue weighted by Gasteiger charge is -2.28. The van der Waals surface area contributed by atoms with Gasteiger partial charge in [-0.25, -0.2) is 4.39 Å². The molecule has 2 aliphatic rings. The van der Waals surface area contributed by atoms with Crippen LogP contribution < -0.4 is 0 Å². The molecule has 1 saturated heterocycles. The number of pyridine rings is 1. The van der Waals surface area contributed by atoms with Crippen molar-refractivity contribution in [1.29, 1.82) is 0 Å². The van der Waals surface area contributed by atoms with Gasteiger partial charge in [-0.05, 0) is 48.2 Å². The smallest absolute Gasteiger partial charge is 0.123 e. The fourth-order valence-electron chi connectivity index (χ4n) is 4.51. The third-order valence-electron chi connectivity index (χ3n) is 5.80. The summed E-state index contributed by atoms with van der Waals surface area (Å²) in [5, 5.41) is 10.0. The van der Waals surface area contributed by atoms with Crippen LogP contribution in [0.15, 0.2) is 61.1 Å². The van der Waals surface area contributed by atoms with Gasteiger partial charge in [0.25, 0.3) is 0 Å². The average Bonchev–Trinajstić information content (AvgIpc) is 3.30. The van der Waals surface area contributed by atoms with Crippen LogP contribution >= 0.6 is 0 Å². The molecule has 1 fully saturated rings. The van der Waals surface area contributed by atoms with Crippen molar-refractivity contribution in [3.8, 4) is 22.4 Å². The molecule has 0 radical (unpaired) electrons. The highest BCUT2D eigenvalue weighted by Crippen LogP contribution is 2.40. The van der Waals surface area contributed by atoms with Gasteiger partial charge < -0.3 is 10.1 Å². The molecule has 28 heavy (non-hydrogen) atoms. The fourth-order valence-corrected chi connectivity index (χ4v) is 4.51. The van der Waals surface area contributed by atoms with Gasteiger partial charge in [0.05, 0.1) is 11.8 Å². The minimum atomic E-state index is -0.248. The Labute approximate surface area is 163 Å². The third kappa shape index (κ3) is 3.07. The van der Waals surface area contributed by atoms with Crippen molar-refractivity contribution >= 4 is 5.57 Å². The minimum Gasteiger partial charge on any atom is -0.392 e. The van der Waals surface area contributed by atoms with E-state index in [1.165, 1.54) is 11.6 Å². The molecule has 4 nitrogen and oxygen atoms in total. The van der Waals surface area contributed by atoms with E-state index in [4.69, 9.17) is 0 Å². The molecule has 4 heterocycles. The molecule has 0 amide bonds. The molecule has 142 valence electrons. The van der Waals surface area contributed by atoms with Crippen molar-refractivity contribution in [3.05, 3.63) is 72.4 Å². The van der Waals surface area contributed by atoms with Crippen molar-refractivity contribution in [2.45, 2.75) is 25.0 Å². The summed E-state index contributed by atoms with van der Waals surface area (Å²) in [5.41, 5.74) is 6.29. The molecule has 0 saturated carbocycles. The normalized spacial score (nSPS) is 22.1. The summed E-state index contributed by atoms with van der Waals surface area (Å²) in [6.07, 6.45) is 9.37. The first-order valence-corrected chi connectivity index (χ1v) is 9.70. The quantitative estimate of drug-likeness (QED) is 0.725. The summed E-state index contributed by atoms with van der Waals surface area (Å²) in [7, 11) is 0. The third-order valence-corrected chi connectivity index (χ3v) is 5.80. The molecule has 2 aliphatic heterocycles. The number of halogens is 1. The topological polar surface area (TPSA) is 52.1 Å². The van der Waals surface area contributed by atoms with Gasteiger partial charge in [0.15, 0.2) is 0 Å². The number of aliphatic hydroxyl groups is 1. The highest BCUT2D eigenvalue weighted by Gasteiger charge is 2.33. The monoisotopic (exact) mass is 375 g/mol. The van der Waals surface area contributed by atoms with Gasteiger partial charge in [0.1, 0.15) is 5.82 Å². The summed E-state index contributed by atoms with van der Waals surface area (Å²) in [4.78, 5) is 9.89. The van der Waals surface area contributed by atoms with Crippen LogP contribution in [0.2, 0.25) is 0 Å². The molecule has 1 aromatic carbocycles. The van der Waals surface area contributed by atoms with Crippen LogP contribution in [0.3, 0.4) is 0 Å². The van der Waals surface area contributed by atoms with E-state index >= 15 is 0 Å². The maximum atomic E-state index is 13.9. The Kier molecular flexibility index (Phi) is 4.34. The van der Waals surface area contributed by atoms with Gasteiger partial charge in [-0.15, -0.1) is 0 Å². The highest BCUT2D eigenvalue weighted by atomic mass is 19.1. The van der Waals surface area contributed by atoms with Crippen LogP contribution in [-0.2, 0) is 0 Å². The lowest BCUT2D eigenvalue weighted by molar-refractivity contribution is 0.176. The number of nitrogens with zero attached hydrogens (tertiary/aromatic N) is 2. The summed E-state index contributed by atoms with van der Waals surface area (Å²) in [5.74, 6) is -0.248. The highest BCUT2D eigenvalue weighted by molar-refractivity contribution is 5.91. The number of fused-ring (bicyclic) bond motifs is 1. The van der Waals surface area contributed by atoms with Gasteiger partial charge in [-0.1, -0.05) is 18.2 Å². The largest absolute Gasteiger partial charge is 0.392 e. The maximum Gasteiger partial charge on any atom is 0.123 e. The Hall–Kier alpha value is -2.76. The molecule has 2 N–H and O–H groups in total.